The summed E-state index contributed by atoms with van der Waals surface area (Å²) in [6.07, 6.45) is 0. The second-order valence-electron chi connectivity index (χ2n) is 7.02. The minimum absolute atomic E-state index is 0.205. The van der Waals surface area contributed by atoms with E-state index in [2.05, 4.69) is 16.0 Å². The number of ether oxygens (including phenoxy) is 2. The molecule has 32 heavy (non-hydrogen) atoms. The van der Waals surface area contributed by atoms with Gasteiger partial charge in [0.15, 0.2) is 18.1 Å². The first-order valence-corrected chi connectivity index (χ1v) is 10.1. The molecule has 1 aliphatic heterocycles. The molecule has 1 heterocycles. The van der Waals surface area contributed by atoms with Crippen LogP contribution in [-0.4, -0.2) is 31.6 Å². The Morgan fingerprint density at radius 3 is 2.56 bits per heavy atom. The van der Waals surface area contributed by atoms with Crippen molar-refractivity contribution in [2.24, 2.45) is 5.73 Å². The van der Waals surface area contributed by atoms with E-state index in [-0.39, 0.29) is 29.0 Å². The monoisotopic (exact) mass is 458 g/mol. The van der Waals surface area contributed by atoms with Crippen LogP contribution in [0.5, 0.6) is 11.5 Å². The van der Waals surface area contributed by atoms with Crippen molar-refractivity contribution >= 4 is 29.4 Å². The summed E-state index contributed by atoms with van der Waals surface area (Å²) < 4.78 is 10.7. The van der Waals surface area contributed by atoms with Crippen LogP contribution in [0.4, 0.5) is 4.79 Å². The van der Waals surface area contributed by atoms with Gasteiger partial charge in [-0.2, -0.15) is 0 Å². The van der Waals surface area contributed by atoms with Gasteiger partial charge >= 0.3 is 6.03 Å². The van der Waals surface area contributed by atoms with Crippen LogP contribution in [0.1, 0.15) is 24.1 Å². The average molecular weight is 459 g/mol. The van der Waals surface area contributed by atoms with E-state index >= 15 is 0 Å². The Balaban J connectivity index is 1.93. The number of primary amides is 1. The standard InChI is InChI=1S/C22H23ClN4O5/c1-12-19(21(29)25-10-13-6-4-3-5-7-13)20(27-22(30)26-12)14-8-16(31-2)17(9-15(14)23)32-11-18(24)28/h3-9,20H,10-11H2,1-2H3,(H2,24,28)(H,25,29)(H2,26,27,30). The van der Waals surface area contributed by atoms with Gasteiger partial charge in [-0.15, -0.1) is 0 Å². The molecule has 1 aliphatic rings. The molecule has 2 aromatic carbocycles. The average Bonchev–Trinajstić information content (AvgIpc) is 2.76. The molecule has 2 aromatic rings. The second kappa shape index (κ2) is 10.1. The molecular formula is C22H23ClN4O5. The number of nitrogens with two attached hydrogens (primary N) is 1. The quantitative estimate of drug-likeness (QED) is 0.481. The number of rotatable bonds is 8. The number of carbonyl (C=O) groups is 3. The van der Waals surface area contributed by atoms with Crippen LogP contribution in [0.15, 0.2) is 53.7 Å². The Hall–Kier alpha value is -3.72. The number of hydrogen-bond donors (Lipinski definition) is 4. The SMILES string of the molecule is COc1cc(C2NC(=O)NC(C)=C2C(=O)NCc2ccccc2)c(Cl)cc1OCC(N)=O. The molecule has 0 fully saturated rings. The maximum Gasteiger partial charge on any atom is 0.319 e. The van der Waals surface area contributed by atoms with Gasteiger partial charge in [-0.25, -0.2) is 4.79 Å². The van der Waals surface area contributed by atoms with Crippen molar-refractivity contribution in [3.05, 3.63) is 69.9 Å². The van der Waals surface area contributed by atoms with E-state index in [1.54, 1.807) is 13.0 Å². The molecule has 0 saturated heterocycles. The number of allylic oxidation sites excluding steroid dienone is 1. The molecule has 0 radical (unpaired) electrons. The third-order valence-electron chi connectivity index (χ3n) is 4.77. The highest BCUT2D eigenvalue weighted by atomic mass is 35.5. The maximum atomic E-state index is 13.1. The van der Waals surface area contributed by atoms with E-state index in [4.69, 9.17) is 26.8 Å². The summed E-state index contributed by atoms with van der Waals surface area (Å²) >= 11 is 6.47. The van der Waals surface area contributed by atoms with Gasteiger partial charge < -0.3 is 31.2 Å². The molecule has 0 saturated carbocycles. The number of nitrogens with one attached hydrogen (secondary N) is 3. The van der Waals surface area contributed by atoms with Crippen molar-refractivity contribution in [2.45, 2.75) is 19.5 Å². The molecule has 168 valence electrons. The van der Waals surface area contributed by atoms with Crippen molar-refractivity contribution < 1.29 is 23.9 Å². The summed E-state index contributed by atoms with van der Waals surface area (Å²) in [5.74, 6) is -0.557. The Morgan fingerprint density at radius 2 is 1.91 bits per heavy atom. The summed E-state index contributed by atoms with van der Waals surface area (Å²) in [7, 11) is 1.42. The molecule has 0 spiro atoms. The maximum absolute atomic E-state index is 13.1. The largest absolute Gasteiger partial charge is 0.493 e. The van der Waals surface area contributed by atoms with Gasteiger partial charge in [0.25, 0.3) is 11.8 Å². The van der Waals surface area contributed by atoms with Gasteiger partial charge in [0.05, 0.1) is 23.7 Å². The van der Waals surface area contributed by atoms with Crippen molar-refractivity contribution in [1.82, 2.24) is 16.0 Å². The van der Waals surface area contributed by atoms with Gasteiger partial charge in [-0.1, -0.05) is 41.9 Å². The van der Waals surface area contributed by atoms with Gasteiger partial charge in [0, 0.05) is 23.9 Å². The number of hydrogen-bond acceptors (Lipinski definition) is 5. The number of urea groups is 1. The lowest BCUT2D eigenvalue weighted by Gasteiger charge is -2.29. The Bertz CT molecular complexity index is 1070. The van der Waals surface area contributed by atoms with Crippen molar-refractivity contribution in [3.8, 4) is 11.5 Å². The molecular weight excluding hydrogens is 436 g/mol. The van der Waals surface area contributed by atoms with E-state index in [0.717, 1.165) is 5.56 Å². The van der Waals surface area contributed by atoms with Crippen molar-refractivity contribution in [3.63, 3.8) is 0 Å². The first kappa shape index (κ1) is 23.0. The summed E-state index contributed by atoms with van der Waals surface area (Å²) in [6, 6.07) is 11.1. The van der Waals surface area contributed by atoms with E-state index in [1.165, 1.54) is 13.2 Å². The number of amides is 4. The highest BCUT2D eigenvalue weighted by Crippen LogP contribution is 2.39. The lowest BCUT2D eigenvalue weighted by molar-refractivity contribution is -0.120. The molecule has 1 unspecified atom stereocenters. The van der Waals surface area contributed by atoms with Crippen molar-refractivity contribution in [1.29, 1.82) is 0 Å². The second-order valence-corrected chi connectivity index (χ2v) is 7.43. The van der Waals surface area contributed by atoms with Crippen LogP contribution in [0.3, 0.4) is 0 Å². The van der Waals surface area contributed by atoms with Gasteiger partial charge in [-0.05, 0) is 18.6 Å². The van der Waals surface area contributed by atoms with Crippen LogP contribution < -0.4 is 31.2 Å². The number of benzene rings is 2. The molecule has 9 nitrogen and oxygen atoms in total. The van der Waals surface area contributed by atoms with Gasteiger partial charge in [-0.3, -0.25) is 9.59 Å². The zero-order valence-corrected chi connectivity index (χ0v) is 18.3. The fraction of sp³-hybridized carbons (Fsp3) is 0.227. The van der Waals surface area contributed by atoms with Crippen LogP contribution in [0.25, 0.3) is 0 Å². The lowest BCUT2D eigenvalue weighted by Crippen LogP contribution is -2.47. The molecule has 0 aliphatic carbocycles. The Labute approximate surface area is 189 Å². The minimum atomic E-state index is -0.842. The predicted octanol–water partition coefficient (Wildman–Crippen LogP) is 2.16. The van der Waals surface area contributed by atoms with Crippen LogP contribution in [0.2, 0.25) is 5.02 Å². The number of carbonyl (C=O) groups excluding carboxylic acids is 3. The van der Waals surface area contributed by atoms with Crippen LogP contribution in [0, 0.1) is 0 Å². The molecule has 0 aromatic heterocycles. The van der Waals surface area contributed by atoms with E-state index in [1.807, 2.05) is 30.3 Å². The lowest BCUT2D eigenvalue weighted by atomic mass is 9.94. The van der Waals surface area contributed by atoms with Crippen LogP contribution >= 0.6 is 11.6 Å². The zero-order chi connectivity index (χ0) is 23.3. The molecule has 3 rings (SSSR count). The molecule has 10 heteroatoms. The minimum Gasteiger partial charge on any atom is -0.493 e. The third kappa shape index (κ3) is 5.30. The Kier molecular flexibility index (Phi) is 7.21. The molecule has 0 bridgehead atoms. The fourth-order valence-corrected chi connectivity index (χ4v) is 3.56. The molecule has 1 atom stereocenters. The first-order valence-electron chi connectivity index (χ1n) is 9.69. The first-order chi connectivity index (χ1) is 15.3. The normalized spacial score (nSPS) is 15.5. The summed E-state index contributed by atoms with van der Waals surface area (Å²) in [4.78, 5) is 36.3. The zero-order valence-electron chi connectivity index (χ0n) is 17.5. The highest BCUT2D eigenvalue weighted by Gasteiger charge is 2.33. The smallest absolute Gasteiger partial charge is 0.319 e. The summed E-state index contributed by atoms with van der Waals surface area (Å²) in [6.45, 7) is 1.59. The fourth-order valence-electron chi connectivity index (χ4n) is 3.29. The van der Waals surface area contributed by atoms with E-state index < -0.39 is 18.0 Å². The van der Waals surface area contributed by atoms with E-state index in [0.29, 0.717) is 23.4 Å². The Morgan fingerprint density at radius 1 is 1.19 bits per heavy atom. The number of halogens is 1. The van der Waals surface area contributed by atoms with Gasteiger partial charge in [0.1, 0.15) is 0 Å². The molecule has 4 amide bonds. The number of methoxy groups -OCH3 is 1. The predicted molar refractivity (Wildman–Crippen MR) is 118 cm³/mol. The topological polar surface area (TPSA) is 132 Å². The van der Waals surface area contributed by atoms with Crippen molar-refractivity contribution in [2.75, 3.05) is 13.7 Å². The van der Waals surface area contributed by atoms with Gasteiger partial charge in [0.2, 0.25) is 0 Å². The third-order valence-corrected chi connectivity index (χ3v) is 5.10. The van der Waals surface area contributed by atoms with E-state index in [9.17, 15) is 14.4 Å². The summed E-state index contributed by atoms with van der Waals surface area (Å²) in [5, 5.41) is 8.42. The van der Waals surface area contributed by atoms with Crippen LogP contribution in [-0.2, 0) is 16.1 Å². The summed E-state index contributed by atoms with van der Waals surface area (Å²) in [5.41, 5.74) is 7.18. The molecule has 5 N–H and O–H groups in total. The highest BCUT2D eigenvalue weighted by molar-refractivity contribution is 6.31.